The molecule has 0 fully saturated rings. The topological polar surface area (TPSA) is 71.7 Å². The third-order valence-electron chi connectivity index (χ3n) is 1.74. The highest BCUT2D eigenvalue weighted by Gasteiger charge is 2.12. The van der Waals surface area contributed by atoms with Crippen LogP contribution in [-0.2, 0) is 11.3 Å². The summed E-state index contributed by atoms with van der Waals surface area (Å²) in [6, 6.07) is 1.64. The maximum Gasteiger partial charge on any atom is 0.372 e. The molecular formula is C9H13NO4. The van der Waals surface area contributed by atoms with Crippen molar-refractivity contribution in [3.63, 3.8) is 0 Å². The van der Waals surface area contributed by atoms with E-state index in [-0.39, 0.29) is 5.76 Å². The van der Waals surface area contributed by atoms with E-state index in [1.807, 2.05) is 0 Å². The van der Waals surface area contributed by atoms with Gasteiger partial charge in [0.25, 0.3) is 0 Å². The van der Waals surface area contributed by atoms with E-state index in [4.69, 9.17) is 14.3 Å². The summed E-state index contributed by atoms with van der Waals surface area (Å²) in [6.45, 7) is 1.75. The number of rotatable bonds is 6. The first kappa shape index (κ1) is 10.7. The van der Waals surface area contributed by atoms with Gasteiger partial charge in [0, 0.05) is 25.8 Å². The number of ether oxygens (including phenoxy) is 1. The first-order chi connectivity index (χ1) is 6.75. The van der Waals surface area contributed by atoms with Crippen molar-refractivity contribution in [3.05, 3.63) is 23.7 Å². The number of aromatic carboxylic acids is 1. The lowest BCUT2D eigenvalue weighted by atomic mass is 10.2. The predicted octanol–water partition coefficient (Wildman–Crippen LogP) is 0.714. The molecule has 0 aromatic carbocycles. The van der Waals surface area contributed by atoms with Gasteiger partial charge in [-0.25, -0.2) is 4.79 Å². The van der Waals surface area contributed by atoms with Gasteiger partial charge in [0.05, 0.1) is 12.9 Å². The van der Waals surface area contributed by atoms with Crippen LogP contribution in [0.15, 0.2) is 16.7 Å². The molecule has 0 atom stereocenters. The average Bonchev–Trinajstić information content (AvgIpc) is 2.60. The van der Waals surface area contributed by atoms with Crippen molar-refractivity contribution >= 4 is 5.97 Å². The molecule has 0 aliphatic rings. The van der Waals surface area contributed by atoms with Gasteiger partial charge in [0.1, 0.15) is 0 Å². The Labute approximate surface area is 81.7 Å². The Morgan fingerprint density at radius 2 is 2.50 bits per heavy atom. The van der Waals surface area contributed by atoms with E-state index >= 15 is 0 Å². The average molecular weight is 199 g/mol. The number of nitrogens with one attached hydrogen (secondary N) is 1. The van der Waals surface area contributed by atoms with Crippen molar-refractivity contribution in [1.82, 2.24) is 5.32 Å². The molecule has 0 aliphatic carbocycles. The number of carbonyl (C=O) groups is 1. The second kappa shape index (κ2) is 5.41. The molecule has 0 bridgehead atoms. The zero-order chi connectivity index (χ0) is 10.4. The van der Waals surface area contributed by atoms with Crippen molar-refractivity contribution in [3.8, 4) is 0 Å². The highest BCUT2D eigenvalue weighted by Crippen LogP contribution is 2.09. The second-order valence-electron chi connectivity index (χ2n) is 2.75. The van der Waals surface area contributed by atoms with Gasteiger partial charge in [-0.15, -0.1) is 0 Å². The molecule has 78 valence electrons. The molecule has 14 heavy (non-hydrogen) atoms. The van der Waals surface area contributed by atoms with Crippen LogP contribution in [0.3, 0.4) is 0 Å². The lowest BCUT2D eigenvalue weighted by Gasteiger charge is -2.02. The maximum atomic E-state index is 10.6. The smallest absolute Gasteiger partial charge is 0.372 e. The molecule has 1 rings (SSSR count). The first-order valence-electron chi connectivity index (χ1n) is 4.25. The summed E-state index contributed by atoms with van der Waals surface area (Å²) in [7, 11) is 1.61. The predicted molar refractivity (Wildman–Crippen MR) is 49.3 cm³/mol. The maximum absolute atomic E-state index is 10.6. The molecule has 0 saturated carbocycles. The van der Waals surface area contributed by atoms with Crippen LogP contribution in [0.4, 0.5) is 0 Å². The van der Waals surface area contributed by atoms with Crippen molar-refractivity contribution in [2.24, 2.45) is 0 Å². The molecule has 0 saturated heterocycles. The Morgan fingerprint density at radius 3 is 3.14 bits per heavy atom. The molecule has 0 radical (unpaired) electrons. The lowest BCUT2D eigenvalue weighted by molar-refractivity contribution is 0.0660. The van der Waals surface area contributed by atoms with Crippen LogP contribution in [0.2, 0.25) is 0 Å². The molecule has 5 heteroatoms. The summed E-state index contributed by atoms with van der Waals surface area (Å²) in [6.07, 6.45) is 1.37. The summed E-state index contributed by atoms with van der Waals surface area (Å²) in [5.41, 5.74) is 0.647. The molecule has 0 spiro atoms. The van der Waals surface area contributed by atoms with Crippen LogP contribution in [0.5, 0.6) is 0 Å². The first-order valence-corrected chi connectivity index (χ1v) is 4.25. The molecule has 1 heterocycles. The Bertz CT molecular complexity index is 295. The molecule has 5 nitrogen and oxygen atoms in total. The third kappa shape index (κ3) is 2.86. The van der Waals surface area contributed by atoms with Crippen LogP contribution in [0.25, 0.3) is 0 Å². The summed E-state index contributed by atoms with van der Waals surface area (Å²) in [4.78, 5) is 10.6. The van der Waals surface area contributed by atoms with Crippen LogP contribution >= 0.6 is 0 Å². The van der Waals surface area contributed by atoms with Gasteiger partial charge in [-0.2, -0.15) is 0 Å². The zero-order valence-electron chi connectivity index (χ0n) is 7.95. The SMILES string of the molecule is COCCNCc1ccoc1C(=O)O. The monoisotopic (exact) mass is 199 g/mol. The van der Waals surface area contributed by atoms with E-state index in [9.17, 15) is 4.79 Å². The van der Waals surface area contributed by atoms with E-state index < -0.39 is 5.97 Å². The summed E-state index contributed by atoms with van der Waals surface area (Å²) in [5.74, 6) is -1.05. The standard InChI is InChI=1S/C9H13NO4/c1-13-5-3-10-6-7-2-4-14-8(7)9(11)12/h2,4,10H,3,5-6H2,1H3,(H,11,12). The summed E-state index contributed by atoms with van der Waals surface area (Å²) < 4.78 is 9.65. The van der Waals surface area contributed by atoms with Gasteiger partial charge >= 0.3 is 5.97 Å². The molecule has 0 aliphatic heterocycles. The number of methoxy groups -OCH3 is 1. The van der Waals surface area contributed by atoms with Gasteiger partial charge in [-0.3, -0.25) is 0 Å². The van der Waals surface area contributed by atoms with Crippen LogP contribution in [-0.4, -0.2) is 31.3 Å². The van der Waals surface area contributed by atoms with Crippen molar-refractivity contribution in [2.45, 2.75) is 6.54 Å². The largest absolute Gasteiger partial charge is 0.475 e. The fourth-order valence-electron chi connectivity index (χ4n) is 1.06. The fraction of sp³-hybridized carbons (Fsp3) is 0.444. The molecule has 0 amide bonds. The van der Waals surface area contributed by atoms with E-state index in [1.165, 1.54) is 6.26 Å². The normalized spacial score (nSPS) is 10.4. The highest BCUT2D eigenvalue weighted by atomic mass is 16.5. The van der Waals surface area contributed by atoms with E-state index in [0.29, 0.717) is 25.3 Å². The Hall–Kier alpha value is -1.33. The van der Waals surface area contributed by atoms with Crippen molar-refractivity contribution < 1.29 is 19.1 Å². The number of hydrogen-bond acceptors (Lipinski definition) is 4. The molecule has 1 aromatic rings. The minimum Gasteiger partial charge on any atom is -0.475 e. The Kier molecular flexibility index (Phi) is 4.15. The van der Waals surface area contributed by atoms with E-state index in [2.05, 4.69) is 5.32 Å². The molecular weight excluding hydrogens is 186 g/mol. The number of furan rings is 1. The molecule has 2 N–H and O–H groups in total. The highest BCUT2D eigenvalue weighted by molar-refractivity contribution is 5.86. The third-order valence-corrected chi connectivity index (χ3v) is 1.74. The number of carboxylic acids is 1. The Morgan fingerprint density at radius 1 is 1.71 bits per heavy atom. The van der Waals surface area contributed by atoms with Crippen molar-refractivity contribution in [2.75, 3.05) is 20.3 Å². The van der Waals surface area contributed by atoms with Gasteiger partial charge < -0.3 is 19.6 Å². The van der Waals surface area contributed by atoms with Gasteiger partial charge in [0.15, 0.2) is 0 Å². The van der Waals surface area contributed by atoms with Gasteiger partial charge in [-0.1, -0.05) is 0 Å². The minimum atomic E-state index is -1.04. The van der Waals surface area contributed by atoms with E-state index in [1.54, 1.807) is 13.2 Å². The quantitative estimate of drug-likeness (QED) is 0.660. The Balaban J connectivity index is 2.42. The van der Waals surface area contributed by atoms with Gasteiger partial charge in [0.2, 0.25) is 5.76 Å². The zero-order valence-corrected chi connectivity index (χ0v) is 7.95. The number of hydrogen-bond donors (Lipinski definition) is 2. The van der Waals surface area contributed by atoms with Crippen LogP contribution in [0, 0.1) is 0 Å². The molecule has 1 aromatic heterocycles. The van der Waals surface area contributed by atoms with Crippen LogP contribution < -0.4 is 5.32 Å². The second-order valence-corrected chi connectivity index (χ2v) is 2.75. The molecule has 0 unspecified atom stereocenters. The lowest BCUT2D eigenvalue weighted by Crippen LogP contribution is -2.19. The van der Waals surface area contributed by atoms with Gasteiger partial charge in [-0.05, 0) is 6.07 Å². The fourth-order valence-corrected chi connectivity index (χ4v) is 1.06. The minimum absolute atomic E-state index is 0.00471. The van der Waals surface area contributed by atoms with Crippen molar-refractivity contribution in [1.29, 1.82) is 0 Å². The number of carboxylic acid groups (broad SMARTS) is 1. The summed E-state index contributed by atoms with van der Waals surface area (Å²) >= 11 is 0. The van der Waals surface area contributed by atoms with Crippen LogP contribution in [0.1, 0.15) is 16.1 Å². The van der Waals surface area contributed by atoms with E-state index in [0.717, 1.165) is 0 Å². The summed E-state index contributed by atoms with van der Waals surface area (Å²) in [5, 5.41) is 11.7.